The smallest absolute Gasteiger partial charge is 0.200 e. The summed E-state index contributed by atoms with van der Waals surface area (Å²) in [6.07, 6.45) is 1.29. The maximum atomic E-state index is 13.3. The second-order valence-corrected chi connectivity index (χ2v) is 3.93. The lowest BCUT2D eigenvalue weighted by Gasteiger charge is -2.05. The molecule has 0 fully saturated rings. The summed E-state index contributed by atoms with van der Waals surface area (Å²) in [5.74, 6) is -9.81. The predicted molar refractivity (Wildman–Crippen MR) is 64.0 cm³/mol. The lowest BCUT2D eigenvalue weighted by molar-refractivity contribution is 0.370. The van der Waals surface area contributed by atoms with E-state index in [1.807, 2.05) is 0 Å². The van der Waals surface area contributed by atoms with Crippen LogP contribution in [0.25, 0.3) is 0 Å². The number of hydrogen-bond donors (Lipinski definition) is 0. The van der Waals surface area contributed by atoms with Crippen molar-refractivity contribution in [2.24, 2.45) is 4.99 Å². The summed E-state index contributed by atoms with van der Waals surface area (Å²) in [7, 11) is 0. The third kappa shape index (κ3) is 2.68. The van der Waals surface area contributed by atoms with Gasteiger partial charge in [-0.25, -0.2) is 22.0 Å². The molecule has 0 radical (unpaired) electrons. The molecule has 6 heteroatoms. The molecule has 0 amide bonds. The molecule has 0 aromatic heterocycles. The van der Waals surface area contributed by atoms with Crippen LogP contribution in [0.15, 0.2) is 35.3 Å². The SMILES string of the molecule is Fc1c(F)c(F)c(CN=Cc2ccccc2)c(F)c1F. The van der Waals surface area contributed by atoms with Crippen LogP contribution in [0.1, 0.15) is 11.1 Å². The Kier molecular flexibility index (Phi) is 4.12. The van der Waals surface area contributed by atoms with E-state index in [0.29, 0.717) is 5.56 Å². The van der Waals surface area contributed by atoms with Crippen LogP contribution < -0.4 is 0 Å². The Balaban J connectivity index is 2.29. The minimum Gasteiger partial charge on any atom is -0.288 e. The van der Waals surface area contributed by atoms with Crippen LogP contribution in [0.4, 0.5) is 22.0 Å². The molecular formula is C14H8F5N. The Hall–Kier alpha value is -2.24. The second kappa shape index (κ2) is 5.81. The Morgan fingerprint density at radius 2 is 1.25 bits per heavy atom. The van der Waals surface area contributed by atoms with Gasteiger partial charge in [-0.15, -0.1) is 0 Å². The first kappa shape index (κ1) is 14.2. The van der Waals surface area contributed by atoms with Gasteiger partial charge in [0, 0.05) is 6.21 Å². The summed E-state index contributed by atoms with van der Waals surface area (Å²) in [5, 5.41) is 0. The van der Waals surface area contributed by atoms with Crippen molar-refractivity contribution < 1.29 is 22.0 Å². The zero-order valence-corrected chi connectivity index (χ0v) is 10.0. The number of hydrogen-bond acceptors (Lipinski definition) is 1. The fourth-order valence-corrected chi connectivity index (χ4v) is 1.57. The van der Waals surface area contributed by atoms with Crippen LogP contribution >= 0.6 is 0 Å². The van der Waals surface area contributed by atoms with E-state index in [9.17, 15) is 22.0 Å². The summed E-state index contributed by atoms with van der Waals surface area (Å²) in [6, 6.07) is 8.57. The molecule has 0 bridgehead atoms. The summed E-state index contributed by atoms with van der Waals surface area (Å²) in [6.45, 7) is -0.638. The van der Waals surface area contributed by atoms with Crippen molar-refractivity contribution in [3.05, 3.63) is 70.5 Å². The first-order valence-corrected chi connectivity index (χ1v) is 5.57. The van der Waals surface area contributed by atoms with Crippen molar-refractivity contribution >= 4 is 6.21 Å². The topological polar surface area (TPSA) is 12.4 Å². The highest BCUT2D eigenvalue weighted by Gasteiger charge is 2.24. The molecule has 0 atom stereocenters. The van der Waals surface area contributed by atoms with Gasteiger partial charge in [0.2, 0.25) is 5.82 Å². The predicted octanol–water partition coefficient (Wildman–Crippen LogP) is 4.00. The minimum atomic E-state index is -2.17. The zero-order valence-electron chi connectivity index (χ0n) is 10.0. The Morgan fingerprint density at radius 1 is 0.750 bits per heavy atom. The van der Waals surface area contributed by atoms with E-state index in [1.54, 1.807) is 30.3 Å². The number of nitrogens with zero attached hydrogens (tertiary/aromatic N) is 1. The van der Waals surface area contributed by atoms with Crippen molar-refractivity contribution in [3.63, 3.8) is 0 Å². The maximum absolute atomic E-state index is 13.3. The van der Waals surface area contributed by atoms with Gasteiger partial charge in [-0.1, -0.05) is 30.3 Å². The Morgan fingerprint density at radius 3 is 1.80 bits per heavy atom. The van der Waals surface area contributed by atoms with E-state index in [-0.39, 0.29) is 0 Å². The van der Waals surface area contributed by atoms with E-state index >= 15 is 0 Å². The average molecular weight is 285 g/mol. The van der Waals surface area contributed by atoms with Gasteiger partial charge in [-0.05, 0) is 5.56 Å². The molecule has 0 spiro atoms. The normalized spacial score (nSPS) is 11.2. The molecule has 0 aliphatic heterocycles. The van der Waals surface area contributed by atoms with E-state index in [2.05, 4.69) is 4.99 Å². The highest BCUT2D eigenvalue weighted by atomic mass is 19.2. The van der Waals surface area contributed by atoms with Crippen LogP contribution in [0.2, 0.25) is 0 Å². The van der Waals surface area contributed by atoms with Crippen LogP contribution in [0.3, 0.4) is 0 Å². The fourth-order valence-electron chi connectivity index (χ4n) is 1.57. The average Bonchev–Trinajstić information content (AvgIpc) is 2.48. The Labute approximate surface area is 111 Å². The lowest BCUT2D eigenvalue weighted by atomic mass is 10.1. The summed E-state index contributed by atoms with van der Waals surface area (Å²) in [5.41, 5.74) is -0.301. The molecule has 2 aromatic carbocycles. The van der Waals surface area contributed by atoms with Crippen LogP contribution in [-0.4, -0.2) is 6.21 Å². The molecule has 0 aliphatic carbocycles. The molecule has 0 N–H and O–H groups in total. The van der Waals surface area contributed by atoms with Crippen molar-refractivity contribution in [2.75, 3.05) is 0 Å². The van der Waals surface area contributed by atoms with Crippen molar-refractivity contribution in [1.82, 2.24) is 0 Å². The van der Waals surface area contributed by atoms with E-state index < -0.39 is 41.2 Å². The number of halogens is 5. The molecular weight excluding hydrogens is 277 g/mol. The third-order valence-electron chi connectivity index (χ3n) is 2.59. The molecule has 0 aliphatic rings. The van der Waals surface area contributed by atoms with Gasteiger partial charge >= 0.3 is 0 Å². The largest absolute Gasteiger partial charge is 0.288 e. The van der Waals surface area contributed by atoms with Crippen LogP contribution in [0, 0.1) is 29.1 Å². The molecule has 0 unspecified atom stereocenters. The van der Waals surface area contributed by atoms with E-state index in [1.165, 1.54) is 6.21 Å². The van der Waals surface area contributed by atoms with E-state index in [0.717, 1.165) is 0 Å². The summed E-state index contributed by atoms with van der Waals surface area (Å²) >= 11 is 0. The summed E-state index contributed by atoms with van der Waals surface area (Å²) in [4.78, 5) is 3.68. The highest BCUT2D eigenvalue weighted by Crippen LogP contribution is 2.23. The van der Waals surface area contributed by atoms with Crippen molar-refractivity contribution in [2.45, 2.75) is 6.54 Å². The molecule has 0 saturated carbocycles. The van der Waals surface area contributed by atoms with Gasteiger partial charge in [0.1, 0.15) is 0 Å². The zero-order chi connectivity index (χ0) is 14.7. The first-order chi connectivity index (χ1) is 9.52. The lowest BCUT2D eigenvalue weighted by Crippen LogP contribution is -2.06. The van der Waals surface area contributed by atoms with Crippen LogP contribution in [0.5, 0.6) is 0 Å². The first-order valence-electron chi connectivity index (χ1n) is 5.57. The Bertz CT molecular complexity index is 623. The van der Waals surface area contributed by atoms with Gasteiger partial charge in [0.05, 0.1) is 12.1 Å². The second-order valence-electron chi connectivity index (χ2n) is 3.93. The van der Waals surface area contributed by atoms with Gasteiger partial charge in [-0.2, -0.15) is 0 Å². The molecule has 2 aromatic rings. The fraction of sp³-hybridized carbons (Fsp3) is 0.0714. The quantitative estimate of drug-likeness (QED) is 0.350. The standard InChI is InChI=1S/C14H8F5N/c15-10-9(11(16)13(18)14(19)12(10)17)7-20-6-8-4-2-1-3-5-8/h1-6H,7H2. The molecule has 2 rings (SSSR count). The van der Waals surface area contributed by atoms with Crippen molar-refractivity contribution in [1.29, 1.82) is 0 Å². The molecule has 20 heavy (non-hydrogen) atoms. The molecule has 0 heterocycles. The monoisotopic (exact) mass is 285 g/mol. The molecule has 0 saturated heterocycles. The summed E-state index contributed by atoms with van der Waals surface area (Å²) < 4.78 is 65.4. The molecule has 104 valence electrons. The van der Waals surface area contributed by atoms with Gasteiger partial charge in [0.15, 0.2) is 23.3 Å². The van der Waals surface area contributed by atoms with Crippen molar-refractivity contribution in [3.8, 4) is 0 Å². The third-order valence-corrected chi connectivity index (χ3v) is 2.59. The number of rotatable bonds is 3. The van der Waals surface area contributed by atoms with E-state index in [4.69, 9.17) is 0 Å². The minimum absolute atomic E-state index is 0.638. The van der Waals surface area contributed by atoms with Gasteiger partial charge in [0.25, 0.3) is 0 Å². The van der Waals surface area contributed by atoms with Gasteiger partial charge in [-0.3, -0.25) is 4.99 Å². The number of aliphatic imine (C=N–C) groups is 1. The van der Waals surface area contributed by atoms with Crippen LogP contribution in [-0.2, 0) is 6.54 Å². The maximum Gasteiger partial charge on any atom is 0.200 e. The molecule has 1 nitrogen and oxygen atoms in total. The number of benzene rings is 2. The highest BCUT2D eigenvalue weighted by molar-refractivity contribution is 5.79. The van der Waals surface area contributed by atoms with Gasteiger partial charge < -0.3 is 0 Å².